The van der Waals surface area contributed by atoms with Crippen LogP contribution in [0.2, 0.25) is 0 Å². The average molecular weight is 196 g/mol. The second-order valence-corrected chi connectivity index (χ2v) is 2.63. The van der Waals surface area contributed by atoms with Gasteiger partial charge >= 0.3 is 0 Å². The monoisotopic (exact) mass is 196 g/mol. The van der Waals surface area contributed by atoms with Gasteiger partial charge in [-0.2, -0.15) is 0 Å². The molecule has 0 aliphatic carbocycles. The Morgan fingerprint density at radius 1 is 1.50 bits per heavy atom. The molecule has 0 amide bonds. The maximum atomic E-state index is 11.7. The highest BCUT2D eigenvalue weighted by molar-refractivity contribution is 6.02. The lowest BCUT2D eigenvalue weighted by Crippen LogP contribution is -2.25. The van der Waals surface area contributed by atoms with Crippen LogP contribution in [0.3, 0.4) is 0 Å². The molecule has 2 N–H and O–H groups in total. The molecule has 1 heterocycles. The van der Waals surface area contributed by atoms with Crippen molar-refractivity contribution in [1.29, 1.82) is 0 Å². The number of Topliss-reactive ketones (excluding diaryl/α,β-unsaturated/α-hetero) is 1. The summed E-state index contributed by atoms with van der Waals surface area (Å²) in [6, 6.07) is 1.55. The van der Waals surface area contributed by atoms with Gasteiger partial charge in [-0.1, -0.05) is 0 Å². The van der Waals surface area contributed by atoms with E-state index in [1.807, 2.05) is 0 Å². The highest BCUT2D eigenvalue weighted by Crippen LogP contribution is 2.12. The van der Waals surface area contributed by atoms with E-state index in [2.05, 4.69) is 4.98 Å². The predicted octanol–water partition coefficient (Wildman–Crippen LogP) is 0.465. The number of carbonyl (C=O) groups is 1. The lowest BCUT2D eigenvalue weighted by Gasteiger charge is -2.12. The molecule has 76 valence electrons. The number of nitrogens with two attached hydrogens (primary N) is 1. The summed E-state index contributed by atoms with van der Waals surface area (Å²) >= 11 is 0. The van der Waals surface area contributed by atoms with Gasteiger partial charge in [0, 0.05) is 32.3 Å². The van der Waals surface area contributed by atoms with Gasteiger partial charge in [0.2, 0.25) is 12.1 Å². The van der Waals surface area contributed by atoms with Gasteiger partial charge in [0.05, 0.1) is 5.56 Å². The number of ether oxygens (including phenoxy) is 2. The van der Waals surface area contributed by atoms with Crippen molar-refractivity contribution in [2.24, 2.45) is 0 Å². The van der Waals surface area contributed by atoms with Crippen molar-refractivity contribution in [3.63, 3.8) is 0 Å². The van der Waals surface area contributed by atoms with Crippen molar-refractivity contribution in [3.05, 3.63) is 24.0 Å². The van der Waals surface area contributed by atoms with Crippen molar-refractivity contribution in [2.45, 2.75) is 6.29 Å². The highest BCUT2D eigenvalue weighted by Gasteiger charge is 2.20. The molecule has 0 bridgehead atoms. The number of aromatic nitrogens is 1. The molecular formula is C9H12N2O3. The third-order valence-electron chi connectivity index (χ3n) is 1.76. The number of nitrogens with zero attached hydrogens (tertiary/aromatic N) is 1. The van der Waals surface area contributed by atoms with Crippen LogP contribution >= 0.6 is 0 Å². The zero-order valence-corrected chi connectivity index (χ0v) is 8.06. The van der Waals surface area contributed by atoms with Crippen LogP contribution in [0.15, 0.2) is 18.5 Å². The second-order valence-electron chi connectivity index (χ2n) is 2.63. The third kappa shape index (κ3) is 2.07. The van der Waals surface area contributed by atoms with Crippen LogP contribution < -0.4 is 5.73 Å². The van der Waals surface area contributed by atoms with Gasteiger partial charge in [-0.05, 0) is 6.07 Å². The number of anilines is 1. The van der Waals surface area contributed by atoms with E-state index in [0.29, 0.717) is 11.3 Å². The molecule has 0 fully saturated rings. The van der Waals surface area contributed by atoms with Crippen molar-refractivity contribution < 1.29 is 14.3 Å². The third-order valence-corrected chi connectivity index (χ3v) is 1.76. The Hall–Kier alpha value is -1.46. The molecular weight excluding hydrogens is 184 g/mol. The first-order valence-electron chi connectivity index (χ1n) is 4.00. The van der Waals surface area contributed by atoms with Crippen LogP contribution in [0.4, 0.5) is 5.69 Å². The van der Waals surface area contributed by atoms with Crippen molar-refractivity contribution in [1.82, 2.24) is 4.98 Å². The SMILES string of the molecule is COC(OC)C(=O)c1cnccc1N. The molecule has 0 spiro atoms. The number of hydrogen-bond acceptors (Lipinski definition) is 5. The Kier molecular flexibility index (Phi) is 3.55. The smallest absolute Gasteiger partial charge is 0.222 e. The molecule has 5 nitrogen and oxygen atoms in total. The number of hydrogen-bond donors (Lipinski definition) is 1. The molecule has 0 aliphatic heterocycles. The van der Waals surface area contributed by atoms with Crippen LogP contribution in [0, 0.1) is 0 Å². The molecule has 0 saturated heterocycles. The number of ketones is 1. The van der Waals surface area contributed by atoms with Crippen LogP contribution in [-0.4, -0.2) is 31.3 Å². The minimum Gasteiger partial charge on any atom is -0.398 e. The standard InChI is InChI=1S/C9H12N2O3/c1-13-9(14-2)8(12)6-5-11-4-3-7(6)10/h3-5,9H,1-2H3,(H2,10,11). The molecule has 1 rings (SSSR count). The molecule has 0 aliphatic rings. The van der Waals surface area contributed by atoms with Gasteiger partial charge in [0.15, 0.2) is 0 Å². The van der Waals surface area contributed by atoms with Gasteiger partial charge in [-0.15, -0.1) is 0 Å². The quantitative estimate of drug-likeness (QED) is 0.559. The first-order valence-corrected chi connectivity index (χ1v) is 4.00. The summed E-state index contributed by atoms with van der Waals surface area (Å²) in [5.74, 6) is -0.333. The Morgan fingerprint density at radius 2 is 2.14 bits per heavy atom. The van der Waals surface area contributed by atoms with E-state index in [1.165, 1.54) is 26.6 Å². The summed E-state index contributed by atoms with van der Waals surface area (Å²) in [7, 11) is 2.78. The van der Waals surface area contributed by atoms with Crippen LogP contribution in [0.1, 0.15) is 10.4 Å². The van der Waals surface area contributed by atoms with E-state index in [1.54, 1.807) is 6.07 Å². The molecule has 0 unspecified atom stereocenters. The Morgan fingerprint density at radius 3 is 2.64 bits per heavy atom. The van der Waals surface area contributed by atoms with Crippen molar-refractivity contribution >= 4 is 11.5 Å². The van der Waals surface area contributed by atoms with Crippen LogP contribution in [0.25, 0.3) is 0 Å². The van der Waals surface area contributed by atoms with Gasteiger partial charge < -0.3 is 15.2 Å². The van der Waals surface area contributed by atoms with Crippen LogP contribution in [-0.2, 0) is 9.47 Å². The van der Waals surface area contributed by atoms with Gasteiger partial charge in [0.1, 0.15) is 0 Å². The number of methoxy groups -OCH3 is 2. The fraction of sp³-hybridized carbons (Fsp3) is 0.333. The molecule has 14 heavy (non-hydrogen) atoms. The van der Waals surface area contributed by atoms with Crippen molar-refractivity contribution in [3.8, 4) is 0 Å². The predicted molar refractivity (Wildman–Crippen MR) is 50.8 cm³/mol. The molecule has 0 radical (unpaired) electrons. The largest absolute Gasteiger partial charge is 0.398 e. The summed E-state index contributed by atoms with van der Waals surface area (Å²) in [6.45, 7) is 0. The summed E-state index contributed by atoms with van der Waals surface area (Å²) < 4.78 is 9.63. The Balaban J connectivity index is 2.94. The summed E-state index contributed by atoms with van der Waals surface area (Å²) in [5, 5.41) is 0. The fourth-order valence-electron chi connectivity index (χ4n) is 1.05. The summed E-state index contributed by atoms with van der Waals surface area (Å²) in [5.41, 5.74) is 6.27. The average Bonchev–Trinajstić information content (AvgIpc) is 2.20. The lowest BCUT2D eigenvalue weighted by atomic mass is 10.1. The lowest BCUT2D eigenvalue weighted by molar-refractivity contribution is -0.0741. The highest BCUT2D eigenvalue weighted by atomic mass is 16.7. The summed E-state index contributed by atoms with van der Waals surface area (Å²) in [4.78, 5) is 15.5. The van der Waals surface area contributed by atoms with E-state index >= 15 is 0 Å². The van der Waals surface area contributed by atoms with E-state index < -0.39 is 6.29 Å². The zero-order valence-electron chi connectivity index (χ0n) is 8.06. The fourth-order valence-corrected chi connectivity index (χ4v) is 1.05. The first-order chi connectivity index (χ1) is 6.70. The van der Waals surface area contributed by atoms with Gasteiger partial charge in [0.25, 0.3) is 0 Å². The molecule has 0 aromatic carbocycles. The van der Waals surface area contributed by atoms with E-state index in [0.717, 1.165) is 0 Å². The van der Waals surface area contributed by atoms with E-state index in [4.69, 9.17) is 15.2 Å². The Labute approximate surface area is 81.8 Å². The van der Waals surface area contributed by atoms with E-state index in [-0.39, 0.29) is 5.78 Å². The number of pyridine rings is 1. The van der Waals surface area contributed by atoms with Gasteiger partial charge in [-0.25, -0.2) is 0 Å². The van der Waals surface area contributed by atoms with Crippen LogP contribution in [0.5, 0.6) is 0 Å². The molecule has 1 aromatic heterocycles. The van der Waals surface area contributed by atoms with E-state index in [9.17, 15) is 4.79 Å². The zero-order chi connectivity index (χ0) is 10.6. The normalized spacial score (nSPS) is 10.5. The summed E-state index contributed by atoms with van der Waals surface area (Å²) in [6.07, 6.45) is 1.98. The molecule has 1 aromatic rings. The minimum absolute atomic E-state index is 0.307. The first kappa shape index (κ1) is 10.6. The number of nitrogen functional groups attached to an aromatic ring is 1. The molecule has 0 atom stereocenters. The minimum atomic E-state index is -0.929. The molecule has 0 saturated carbocycles. The molecule has 5 heteroatoms. The van der Waals surface area contributed by atoms with Gasteiger partial charge in [-0.3, -0.25) is 9.78 Å². The number of carbonyl (C=O) groups excluding carboxylic acids is 1. The number of rotatable bonds is 4. The topological polar surface area (TPSA) is 74.4 Å². The second kappa shape index (κ2) is 4.69. The Bertz CT molecular complexity index is 324. The van der Waals surface area contributed by atoms with Crippen molar-refractivity contribution in [2.75, 3.05) is 20.0 Å². The maximum absolute atomic E-state index is 11.7. The maximum Gasteiger partial charge on any atom is 0.222 e.